The summed E-state index contributed by atoms with van der Waals surface area (Å²) in [6.45, 7) is 0.709. The fraction of sp³-hybridized carbons (Fsp3) is 0.375. The molecule has 1 aliphatic carbocycles. The number of nitrogens with zero attached hydrogens (tertiary/aromatic N) is 3. The number of sulfonamides is 1. The zero-order chi connectivity index (χ0) is 28.0. The van der Waals surface area contributed by atoms with Crippen LogP contribution in [0.15, 0.2) is 47.4 Å². The van der Waals surface area contributed by atoms with Crippen molar-refractivity contribution in [3.05, 3.63) is 69.6 Å². The van der Waals surface area contributed by atoms with E-state index in [1.165, 1.54) is 23.9 Å². The summed E-state index contributed by atoms with van der Waals surface area (Å²) in [7, 11) is -6.80. The lowest BCUT2D eigenvalue weighted by atomic mass is 10.1. The molecule has 1 amide bonds. The first-order valence-corrected chi connectivity index (χ1v) is 14.9. The Hall–Kier alpha value is -3.13. The first-order chi connectivity index (χ1) is 18.4. The Kier molecular flexibility index (Phi) is 7.12. The highest BCUT2D eigenvalue weighted by Gasteiger charge is 2.59. The molecule has 208 valence electrons. The molecule has 2 fully saturated rings. The van der Waals surface area contributed by atoms with Crippen molar-refractivity contribution in [2.24, 2.45) is 7.05 Å². The number of carbonyl (C=O) groups is 1. The van der Waals surface area contributed by atoms with Crippen LogP contribution < -0.4 is 15.6 Å². The molecule has 0 bridgehead atoms. The summed E-state index contributed by atoms with van der Waals surface area (Å²) in [6.07, 6.45) is 2.02. The molecule has 0 atom stereocenters. The highest BCUT2D eigenvalue weighted by molar-refractivity contribution is 7.90. The molecule has 2 aromatic heterocycles. The number of phosphoric acid groups is 1. The molecular formula is C24H27N4O9PS. The van der Waals surface area contributed by atoms with Gasteiger partial charge >= 0.3 is 7.82 Å². The molecule has 3 aromatic rings. The first-order valence-electron chi connectivity index (χ1n) is 12.0. The van der Waals surface area contributed by atoms with Crippen LogP contribution in [-0.2, 0) is 37.2 Å². The van der Waals surface area contributed by atoms with Crippen LogP contribution in [-0.4, -0.2) is 57.9 Å². The van der Waals surface area contributed by atoms with E-state index in [9.17, 15) is 27.5 Å². The molecule has 2 aliphatic rings. The molecule has 1 aromatic carbocycles. The van der Waals surface area contributed by atoms with Crippen LogP contribution in [0.2, 0.25) is 0 Å². The van der Waals surface area contributed by atoms with Crippen LogP contribution in [0.25, 0.3) is 10.9 Å². The number of benzene rings is 1. The minimum Gasteiger partial charge on any atom is -0.474 e. The summed E-state index contributed by atoms with van der Waals surface area (Å²) in [5.74, 6) is -0.495. The highest BCUT2D eigenvalue weighted by atomic mass is 32.2. The van der Waals surface area contributed by atoms with Gasteiger partial charge in [0.2, 0.25) is 15.9 Å². The third-order valence-electron chi connectivity index (χ3n) is 6.81. The summed E-state index contributed by atoms with van der Waals surface area (Å²) in [5.41, 5.74) is 1.67. The number of hydrogen-bond donors (Lipinski definition) is 2. The molecule has 1 saturated carbocycles. The van der Waals surface area contributed by atoms with Crippen molar-refractivity contribution in [1.82, 2.24) is 19.2 Å². The number of pyridine rings is 2. The monoisotopic (exact) mass is 578 g/mol. The number of rotatable bonds is 8. The average Bonchev–Trinajstić information content (AvgIpc) is 3.70. The third kappa shape index (κ3) is 5.36. The van der Waals surface area contributed by atoms with Gasteiger partial charge < -0.3 is 19.5 Å². The number of ether oxygens (including phenoxy) is 1. The van der Waals surface area contributed by atoms with Crippen molar-refractivity contribution in [3.8, 4) is 5.88 Å². The van der Waals surface area contributed by atoms with Crippen molar-refractivity contribution in [2.45, 2.75) is 31.1 Å². The van der Waals surface area contributed by atoms with Crippen molar-refractivity contribution in [1.29, 1.82) is 0 Å². The van der Waals surface area contributed by atoms with Crippen LogP contribution in [0.5, 0.6) is 5.88 Å². The molecule has 0 radical (unpaired) electrons. The number of hydrogen-bond acceptors (Lipinski definition) is 9. The van der Waals surface area contributed by atoms with Crippen LogP contribution >= 0.6 is 7.82 Å². The Morgan fingerprint density at radius 3 is 2.51 bits per heavy atom. The fourth-order valence-corrected chi connectivity index (χ4v) is 6.79. The lowest BCUT2D eigenvalue weighted by Gasteiger charge is -2.31. The van der Waals surface area contributed by atoms with Crippen LogP contribution in [0, 0.1) is 6.92 Å². The number of carbonyl (C=O) groups excluding carboxylic acids is 1. The molecule has 1 aliphatic heterocycles. The quantitative estimate of drug-likeness (QED) is 0.376. The Labute approximate surface area is 224 Å². The van der Waals surface area contributed by atoms with E-state index in [4.69, 9.17) is 4.74 Å². The Morgan fingerprint density at radius 2 is 1.87 bits per heavy atom. The Morgan fingerprint density at radius 1 is 1.21 bits per heavy atom. The molecule has 39 heavy (non-hydrogen) atoms. The first kappa shape index (κ1) is 27.4. The van der Waals surface area contributed by atoms with Gasteiger partial charge in [-0.2, -0.15) is 4.31 Å². The molecule has 15 heteroatoms. The molecule has 1 saturated heterocycles. The maximum absolute atomic E-state index is 13.2. The van der Waals surface area contributed by atoms with Crippen LogP contribution in [0.1, 0.15) is 34.3 Å². The number of nitrogens with one attached hydrogen (secondary N) is 1. The van der Waals surface area contributed by atoms with Gasteiger partial charge in [-0.15, -0.1) is 0 Å². The molecule has 13 nitrogen and oxygen atoms in total. The summed E-state index contributed by atoms with van der Waals surface area (Å²) in [6, 6.07) is 10.7. The largest absolute Gasteiger partial charge is 0.474 e. The molecule has 3 heterocycles. The van der Waals surface area contributed by atoms with E-state index in [0.717, 1.165) is 15.4 Å². The van der Waals surface area contributed by atoms with Crippen molar-refractivity contribution in [2.75, 3.05) is 20.1 Å². The van der Waals surface area contributed by atoms with Gasteiger partial charge in [-0.1, -0.05) is 29.8 Å². The molecule has 0 spiro atoms. The molecule has 0 unspecified atom stereocenters. The van der Waals surface area contributed by atoms with Gasteiger partial charge in [0.1, 0.15) is 35.9 Å². The number of aryl methyl sites for hydroxylation is 2. The van der Waals surface area contributed by atoms with Crippen LogP contribution in [0.3, 0.4) is 0 Å². The van der Waals surface area contributed by atoms with Gasteiger partial charge in [-0.3, -0.25) is 18.6 Å². The predicted octanol–water partition coefficient (Wildman–Crippen LogP) is 1.78. The zero-order valence-electron chi connectivity index (χ0n) is 21.2. The lowest BCUT2D eigenvalue weighted by Crippen LogP contribution is -2.46. The Balaban J connectivity index is 1.34. The third-order valence-corrected chi connectivity index (χ3v) is 10.2. The average molecular weight is 579 g/mol. The lowest BCUT2D eigenvalue weighted by molar-refractivity contribution is 0.0191. The highest BCUT2D eigenvalue weighted by Crippen LogP contribution is 2.50. The van der Waals surface area contributed by atoms with E-state index >= 15 is 0 Å². The second-order valence-corrected chi connectivity index (χ2v) is 13.3. The van der Waals surface area contributed by atoms with Gasteiger partial charge in [0.15, 0.2) is 0 Å². The maximum atomic E-state index is 13.2. The number of fused-ring (bicyclic) bond motifs is 1. The SMILES string of the molecule is Cc1ccc(CNC(=O)c2cc3ccnc(OCC4(S(=O)(=O)N5COP(=O)(O)OC5)CC4)c3n(C)c2=O)cc1. The zero-order valence-corrected chi connectivity index (χ0v) is 22.9. The molecule has 5 rings (SSSR count). The van der Waals surface area contributed by atoms with Gasteiger partial charge in [0, 0.05) is 25.2 Å². The smallest absolute Gasteiger partial charge is 0.474 e. The van der Waals surface area contributed by atoms with Gasteiger partial charge in [0.05, 0.1) is 0 Å². The van der Waals surface area contributed by atoms with Crippen molar-refractivity contribution < 1.29 is 36.5 Å². The maximum Gasteiger partial charge on any atom is 0.474 e. The summed E-state index contributed by atoms with van der Waals surface area (Å²) < 4.78 is 53.7. The van der Waals surface area contributed by atoms with Gasteiger partial charge in [-0.25, -0.2) is 18.0 Å². The van der Waals surface area contributed by atoms with Gasteiger partial charge in [-0.05, 0) is 37.5 Å². The van der Waals surface area contributed by atoms with E-state index in [2.05, 4.69) is 19.3 Å². The summed E-state index contributed by atoms with van der Waals surface area (Å²) >= 11 is 0. The van der Waals surface area contributed by atoms with E-state index < -0.39 is 47.5 Å². The van der Waals surface area contributed by atoms with Crippen LogP contribution in [0.4, 0.5) is 0 Å². The van der Waals surface area contributed by atoms with E-state index in [0.29, 0.717) is 10.9 Å². The van der Waals surface area contributed by atoms with E-state index in [-0.39, 0.29) is 37.4 Å². The van der Waals surface area contributed by atoms with Crippen molar-refractivity contribution in [3.63, 3.8) is 0 Å². The van der Waals surface area contributed by atoms with Crippen molar-refractivity contribution >= 4 is 34.7 Å². The predicted molar refractivity (Wildman–Crippen MR) is 139 cm³/mol. The second kappa shape index (κ2) is 10.1. The fourth-order valence-electron chi connectivity index (χ4n) is 4.23. The number of phosphoric ester groups is 1. The Bertz CT molecular complexity index is 1640. The minimum absolute atomic E-state index is 0.0335. The van der Waals surface area contributed by atoms with E-state index in [1.807, 2.05) is 31.2 Å². The number of aromatic nitrogens is 2. The minimum atomic E-state index is -4.27. The second-order valence-electron chi connectivity index (χ2n) is 9.56. The topological polar surface area (TPSA) is 166 Å². The summed E-state index contributed by atoms with van der Waals surface area (Å²) in [4.78, 5) is 39.5. The molecular weight excluding hydrogens is 551 g/mol. The van der Waals surface area contributed by atoms with E-state index in [1.54, 1.807) is 6.07 Å². The molecule has 2 N–H and O–H groups in total. The normalized spacial score (nSPS) is 18.5. The standard InChI is InChI=1S/C24H27N4O9PS/c1-16-3-5-17(6-4-16)12-26-21(29)19-11-18-7-10-25-22(20(18)27(2)23(19)30)35-13-24(8-9-24)39(33,34)28-14-36-38(31,32)37-15-28/h3-7,10-11H,8-9,12-15H2,1-2H3,(H,26,29)(H,31,32). The summed E-state index contributed by atoms with van der Waals surface area (Å²) in [5, 5.41) is 3.27. The van der Waals surface area contributed by atoms with Gasteiger partial charge in [0.25, 0.3) is 11.5 Å². The number of amides is 1.